The summed E-state index contributed by atoms with van der Waals surface area (Å²) in [6, 6.07) is 9.06. The summed E-state index contributed by atoms with van der Waals surface area (Å²) in [5.74, 6) is -3.17. The molecule has 2 amide bonds. The van der Waals surface area contributed by atoms with E-state index in [9.17, 15) is 29.3 Å². The van der Waals surface area contributed by atoms with Crippen LogP contribution in [0.25, 0.3) is 0 Å². The molecular formula is C18H12N2O8. The molecule has 142 valence electrons. The van der Waals surface area contributed by atoms with Gasteiger partial charge in [-0.2, -0.15) is 0 Å². The number of ether oxygens (including phenoxy) is 2. The number of carbonyl (C=O) groups is 4. The number of non-ortho nitro benzene ring substituents is 1. The Balaban J connectivity index is 1.80. The molecule has 0 radical (unpaired) electrons. The van der Waals surface area contributed by atoms with Gasteiger partial charge in [0.25, 0.3) is 17.5 Å². The van der Waals surface area contributed by atoms with Crippen molar-refractivity contribution in [3.05, 3.63) is 74.8 Å². The molecule has 0 bridgehead atoms. The SMILES string of the molecule is COC(=O)c1cc(C(=O)OCN2C(=O)c3ccccc3C2=O)cc([N+](=O)[O-])c1. The third-order valence-corrected chi connectivity index (χ3v) is 3.99. The molecular weight excluding hydrogens is 372 g/mol. The molecule has 2 aromatic rings. The monoisotopic (exact) mass is 384 g/mol. The second-order valence-corrected chi connectivity index (χ2v) is 5.66. The molecule has 0 saturated carbocycles. The van der Waals surface area contributed by atoms with E-state index in [1.54, 1.807) is 12.1 Å². The Bertz CT molecular complexity index is 995. The summed E-state index contributed by atoms with van der Waals surface area (Å²) in [4.78, 5) is 59.4. The summed E-state index contributed by atoms with van der Waals surface area (Å²) < 4.78 is 9.46. The van der Waals surface area contributed by atoms with Crippen molar-refractivity contribution in [1.82, 2.24) is 4.90 Å². The van der Waals surface area contributed by atoms with Gasteiger partial charge in [-0.3, -0.25) is 19.7 Å². The van der Waals surface area contributed by atoms with E-state index in [-0.39, 0.29) is 22.3 Å². The van der Waals surface area contributed by atoms with Crippen LogP contribution >= 0.6 is 0 Å². The number of methoxy groups -OCH3 is 1. The van der Waals surface area contributed by atoms with E-state index in [2.05, 4.69) is 4.74 Å². The zero-order chi connectivity index (χ0) is 20.4. The van der Waals surface area contributed by atoms with E-state index in [0.717, 1.165) is 30.2 Å². The van der Waals surface area contributed by atoms with Gasteiger partial charge < -0.3 is 9.47 Å². The minimum absolute atomic E-state index is 0.187. The Morgan fingerprint density at radius 3 is 2.04 bits per heavy atom. The van der Waals surface area contributed by atoms with E-state index in [1.807, 2.05) is 0 Å². The van der Waals surface area contributed by atoms with Crippen LogP contribution in [0.4, 0.5) is 5.69 Å². The van der Waals surface area contributed by atoms with Crippen LogP contribution in [0.5, 0.6) is 0 Å². The molecule has 3 rings (SSSR count). The van der Waals surface area contributed by atoms with E-state index in [4.69, 9.17) is 4.74 Å². The van der Waals surface area contributed by atoms with Crippen molar-refractivity contribution < 1.29 is 33.6 Å². The van der Waals surface area contributed by atoms with Crippen LogP contribution in [-0.4, -0.2) is 47.4 Å². The maximum absolute atomic E-state index is 12.3. The van der Waals surface area contributed by atoms with Gasteiger partial charge in [0.2, 0.25) is 0 Å². The number of carbonyl (C=O) groups excluding carboxylic acids is 4. The van der Waals surface area contributed by atoms with Gasteiger partial charge in [-0.25, -0.2) is 14.5 Å². The summed E-state index contributed by atoms with van der Waals surface area (Å²) in [6.45, 7) is -0.679. The second-order valence-electron chi connectivity index (χ2n) is 5.66. The topological polar surface area (TPSA) is 133 Å². The fourth-order valence-corrected chi connectivity index (χ4v) is 2.63. The lowest BCUT2D eigenvalue weighted by atomic mass is 10.1. The van der Waals surface area contributed by atoms with E-state index in [0.29, 0.717) is 0 Å². The predicted molar refractivity (Wildman–Crippen MR) is 91.7 cm³/mol. The van der Waals surface area contributed by atoms with Gasteiger partial charge in [0.05, 0.1) is 34.3 Å². The Hall–Kier alpha value is -4.08. The predicted octanol–water partition coefficient (Wildman–Crippen LogP) is 1.79. The maximum atomic E-state index is 12.3. The van der Waals surface area contributed by atoms with Crippen molar-refractivity contribution in [2.75, 3.05) is 13.8 Å². The fraction of sp³-hybridized carbons (Fsp3) is 0.111. The molecule has 0 N–H and O–H groups in total. The number of esters is 2. The minimum atomic E-state index is -1.05. The average Bonchev–Trinajstić information content (AvgIpc) is 2.95. The Kier molecular flexibility index (Phi) is 4.86. The van der Waals surface area contributed by atoms with Crippen LogP contribution in [0, 0.1) is 10.1 Å². The highest BCUT2D eigenvalue weighted by atomic mass is 16.6. The average molecular weight is 384 g/mol. The molecule has 0 spiro atoms. The number of hydrogen-bond acceptors (Lipinski definition) is 8. The number of nitro groups is 1. The number of hydrogen-bond donors (Lipinski definition) is 0. The van der Waals surface area contributed by atoms with Crippen molar-refractivity contribution in [3.8, 4) is 0 Å². The Morgan fingerprint density at radius 2 is 1.54 bits per heavy atom. The van der Waals surface area contributed by atoms with Crippen molar-refractivity contribution >= 4 is 29.4 Å². The van der Waals surface area contributed by atoms with E-state index in [1.165, 1.54) is 12.1 Å². The first kappa shape index (κ1) is 18.7. The first-order chi connectivity index (χ1) is 13.3. The number of imide groups is 1. The van der Waals surface area contributed by atoms with Crippen molar-refractivity contribution in [2.24, 2.45) is 0 Å². The molecule has 0 saturated heterocycles. The standard InChI is InChI=1S/C18H12N2O8/c1-27-17(23)10-6-11(8-12(7-10)20(25)26)18(24)28-9-19-15(21)13-4-2-3-5-14(13)16(19)22/h2-8H,9H2,1H3. The zero-order valence-corrected chi connectivity index (χ0v) is 14.4. The number of nitrogens with zero attached hydrogens (tertiary/aromatic N) is 2. The van der Waals surface area contributed by atoms with Crippen LogP contribution in [0.3, 0.4) is 0 Å². The largest absolute Gasteiger partial charge is 0.465 e. The third kappa shape index (κ3) is 3.30. The summed E-state index contributed by atoms with van der Waals surface area (Å²) in [5.41, 5.74) is -0.662. The lowest BCUT2D eigenvalue weighted by molar-refractivity contribution is -0.384. The molecule has 0 unspecified atom stereocenters. The molecule has 1 aliphatic rings. The van der Waals surface area contributed by atoms with Gasteiger partial charge in [0.15, 0.2) is 6.73 Å². The van der Waals surface area contributed by atoms with E-state index < -0.39 is 41.1 Å². The quantitative estimate of drug-likeness (QED) is 0.330. The first-order valence-corrected chi connectivity index (χ1v) is 7.83. The lowest BCUT2D eigenvalue weighted by Gasteiger charge is -2.14. The van der Waals surface area contributed by atoms with Gasteiger partial charge in [-0.05, 0) is 18.2 Å². The van der Waals surface area contributed by atoms with Crippen LogP contribution in [0.2, 0.25) is 0 Å². The van der Waals surface area contributed by atoms with Crippen molar-refractivity contribution in [3.63, 3.8) is 0 Å². The summed E-state index contributed by atoms with van der Waals surface area (Å²) >= 11 is 0. The number of fused-ring (bicyclic) bond motifs is 1. The van der Waals surface area contributed by atoms with Gasteiger partial charge in [0.1, 0.15) is 0 Å². The maximum Gasteiger partial charge on any atom is 0.340 e. The number of amides is 2. The zero-order valence-electron chi connectivity index (χ0n) is 14.4. The highest BCUT2D eigenvalue weighted by Crippen LogP contribution is 2.23. The Morgan fingerprint density at radius 1 is 1.00 bits per heavy atom. The molecule has 28 heavy (non-hydrogen) atoms. The highest BCUT2D eigenvalue weighted by molar-refractivity contribution is 6.21. The van der Waals surface area contributed by atoms with Crippen LogP contribution in [0.15, 0.2) is 42.5 Å². The highest BCUT2D eigenvalue weighted by Gasteiger charge is 2.36. The summed E-state index contributed by atoms with van der Waals surface area (Å²) in [6.07, 6.45) is 0. The molecule has 1 aliphatic heterocycles. The first-order valence-electron chi connectivity index (χ1n) is 7.83. The van der Waals surface area contributed by atoms with Gasteiger partial charge >= 0.3 is 11.9 Å². The second kappa shape index (κ2) is 7.27. The van der Waals surface area contributed by atoms with Gasteiger partial charge in [0, 0.05) is 12.1 Å². The van der Waals surface area contributed by atoms with Crippen LogP contribution in [0.1, 0.15) is 41.4 Å². The van der Waals surface area contributed by atoms with Crippen LogP contribution in [-0.2, 0) is 9.47 Å². The summed E-state index contributed by atoms with van der Waals surface area (Å²) in [5, 5.41) is 11.0. The molecule has 0 fully saturated rings. The lowest BCUT2D eigenvalue weighted by Crippen LogP contribution is -2.33. The van der Waals surface area contributed by atoms with Crippen molar-refractivity contribution in [2.45, 2.75) is 0 Å². The molecule has 0 atom stereocenters. The summed E-state index contributed by atoms with van der Waals surface area (Å²) in [7, 11) is 1.08. The smallest absolute Gasteiger partial charge is 0.340 e. The normalized spacial score (nSPS) is 12.5. The molecule has 0 aromatic heterocycles. The molecule has 2 aromatic carbocycles. The number of benzene rings is 2. The molecule has 0 aliphatic carbocycles. The van der Waals surface area contributed by atoms with Crippen LogP contribution < -0.4 is 0 Å². The fourth-order valence-electron chi connectivity index (χ4n) is 2.63. The molecule has 1 heterocycles. The Labute approximate surface area is 157 Å². The molecule has 10 nitrogen and oxygen atoms in total. The minimum Gasteiger partial charge on any atom is -0.465 e. The number of nitro benzene ring substituents is 1. The molecule has 10 heteroatoms. The van der Waals surface area contributed by atoms with Crippen molar-refractivity contribution in [1.29, 1.82) is 0 Å². The van der Waals surface area contributed by atoms with Gasteiger partial charge in [-0.1, -0.05) is 12.1 Å². The third-order valence-electron chi connectivity index (χ3n) is 3.99. The van der Waals surface area contributed by atoms with Gasteiger partial charge in [-0.15, -0.1) is 0 Å². The van der Waals surface area contributed by atoms with E-state index >= 15 is 0 Å². The number of rotatable bonds is 5.